The van der Waals surface area contributed by atoms with Crippen molar-refractivity contribution in [1.29, 1.82) is 0 Å². The summed E-state index contributed by atoms with van der Waals surface area (Å²) in [5, 5.41) is 3.93. The van der Waals surface area contributed by atoms with E-state index in [9.17, 15) is 4.79 Å². The van der Waals surface area contributed by atoms with E-state index in [1.807, 2.05) is 23.9 Å². The molecular formula is C14H17N3O2. The molecule has 5 nitrogen and oxygen atoms in total. The van der Waals surface area contributed by atoms with E-state index in [0.29, 0.717) is 24.7 Å². The van der Waals surface area contributed by atoms with Crippen molar-refractivity contribution >= 4 is 5.78 Å². The average molecular weight is 259 g/mol. The van der Waals surface area contributed by atoms with Crippen LogP contribution in [0.3, 0.4) is 0 Å². The summed E-state index contributed by atoms with van der Waals surface area (Å²) in [5.41, 5.74) is 2.03. The van der Waals surface area contributed by atoms with Gasteiger partial charge in [0.25, 0.3) is 0 Å². The van der Waals surface area contributed by atoms with E-state index >= 15 is 0 Å². The molecule has 0 amide bonds. The van der Waals surface area contributed by atoms with Gasteiger partial charge in [0.05, 0.1) is 6.54 Å². The molecule has 0 fully saturated rings. The average Bonchev–Trinajstić information content (AvgIpc) is 2.98. The number of Topliss-reactive ketones (excluding diaryl/α,β-unsaturated/α-hetero) is 1. The first-order valence-electron chi connectivity index (χ1n) is 6.79. The predicted molar refractivity (Wildman–Crippen MR) is 69.1 cm³/mol. The summed E-state index contributed by atoms with van der Waals surface area (Å²) in [4.78, 5) is 16.2. The van der Waals surface area contributed by atoms with E-state index in [1.54, 1.807) is 0 Å². The number of ketones is 1. The van der Waals surface area contributed by atoms with Crippen molar-refractivity contribution in [1.82, 2.24) is 14.7 Å². The maximum atomic E-state index is 12.0. The third kappa shape index (κ3) is 2.45. The fourth-order valence-corrected chi connectivity index (χ4v) is 2.49. The van der Waals surface area contributed by atoms with Crippen LogP contribution in [0, 0.1) is 0 Å². The first-order chi connectivity index (χ1) is 9.26. The van der Waals surface area contributed by atoms with E-state index in [-0.39, 0.29) is 5.78 Å². The first-order valence-corrected chi connectivity index (χ1v) is 6.79. The molecule has 2 aromatic rings. The van der Waals surface area contributed by atoms with E-state index < -0.39 is 0 Å². The summed E-state index contributed by atoms with van der Waals surface area (Å²) < 4.78 is 7.07. The Morgan fingerprint density at radius 3 is 2.95 bits per heavy atom. The number of hydrogen-bond acceptors (Lipinski definition) is 4. The Hall–Kier alpha value is -1.91. The van der Waals surface area contributed by atoms with Crippen LogP contribution in [0.25, 0.3) is 0 Å². The van der Waals surface area contributed by atoms with E-state index in [0.717, 1.165) is 36.8 Å². The number of rotatable bonds is 3. The highest BCUT2D eigenvalue weighted by atomic mass is 16.5. The first kappa shape index (κ1) is 12.1. The van der Waals surface area contributed by atoms with Crippen LogP contribution < -0.4 is 0 Å². The monoisotopic (exact) mass is 259 g/mol. The second kappa shape index (κ2) is 4.99. The highest BCUT2D eigenvalue weighted by Gasteiger charge is 2.18. The van der Waals surface area contributed by atoms with Crippen molar-refractivity contribution in [3.05, 3.63) is 35.2 Å². The molecule has 2 heterocycles. The van der Waals surface area contributed by atoms with Crippen LogP contribution in [-0.2, 0) is 19.4 Å². The minimum absolute atomic E-state index is 0.258. The lowest BCUT2D eigenvalue weighted by molar-refractivity contribution is 0.0982. The molecule has 0 saturated heterocycles. The van der Waals surface area contributed by atoms with Crippen molar-refractivity contribution in [2.24, 2.45) is 0 Å². The number of carbonyl (C=O) groups is 1. The Bertz CT molecular complexity index is 598. The number of aromatic nitrogens is 3. The van der Waals surface area contributed by atoms with Gasteiger partial charge in [0.1, 0.15) is 0 Å². The lowest BCUT2D eigenvalue weighted by Crippen LogP contribution is -2.00. The molecule has 0 atom stereocenters. The van der Waals surface area contributed by atoms with Gasteiger partial charge in [0.2, 0.25) is 5.89 Å². The van der Waals surface area contributed by atoms with E-state index in [4.69, 9.17) is 4.52 Å². The molecule has 5 heteroatoms. The zero-order chi connectivity index (χ0) is 13.2. The second-order valence-electron chi connectivity index (χ2n) is 4.96. The molecule has 0 radical (unpaired) electrons. The quantitative estimate of drug-likeness (QED) is 0.794. The number of carbonyl (C=O) groups excluding carboxylic acids is 1. The number of fused-ring (bicyclic) bond motifs is 1. The SMILES string of the molecule is CCc1nc(Cn2cc3c(c2)C(=O)CCCC3)no1. The summed E-state index contributed by atoms with van der Waals surface area (Å²) in [6.45, 7) is 2.54. The van der Waals surface area contributed by atoms with Gasteiger partial charge < -0.3 is 9.09 Å². The highest BCUT2D eigenvalue weighted by molar-refractivity contribution is 5.97. The summed E-state index contributed by atoms with van der Waals surface area (Å²) >= 11 is 0. The minimum Gasteiger partial charge on any atom is -0.346 e. The molecule has 0 unspecified atom stereocenters. The van der Waals surface area contributed by atoms with Gasteiger partial charge in [-0.25, -0.2) is 0 Å². The molecule has 19 heavy (non-hydrogen) atoms. The van der Waals surface area contributed by atoms with Gasteiger partial charge in [-0.1, -0.05) is 12.1 Å². The van der Waals surface area contributed by atoms with Crippen LogP contribution in [0.15, 0.2) is 16.9 Å². The smallest absolute Gasteiger partial charge is 0.226 e. The normalized spacial score (nSPS) is 15.3. The Morgan fingerprint density at radius 2 is 2.16 bits per heavy atom. The summed E-state index contributed by atoms with van der Waals surface area (Å²) in [5.74, 6) is 1.57. The van der Waals surface area contributed by atoms with Crippen molar-refractivity contribution in [2.45, 2.75) is 45.6 Å². The largest absolute Gasteiger partial charge is 0.346 e. The summed E-state index contributed by atoms with van der Waals surface area (Å²) in [6.07, 6.45) is 8.45. The Morgan fingerprint density at radius 1 is 1.32 bits per heavy atom. The molecule has 1 aliphatic rings. The zero-order valence-corrected chi connectivity index (χ0v) is 11.1. The van der Waals surface area contributed by atoms with Crippen molar-refractivity contribution in [3.63, 3.8) is 0 Å². The number of nitrogens with zero attached hydrogens (tertiary/aromatic N) is 3. The van der Waals surface area contributed by atoms with Crippen LogP contribution in [-0.4, -0.2) is 20.5 Å². The molecule has 0 bridgehead atoms. The molecule has 1 aliphatic carbocycles. The number of hydrogen-bond donors (Lipinski definition) is 0. The van der Waals surface area contributed by atoms with Crippen LogP contribution in [0.5, 0.6) is 0 Å². The van der Waals surface area contributed by atoms with E-state index in [1.165, 1.54) is 0 Å². The zero-order valence-electron chi connectivity index (χ0n) is 11.1. The summed E-state index contributed by atoms with van der Waals surface area (Å²) in [7, 11) is 0. The topological polar surface area (TPSA) is 60.9 Å². The highest BCUT2D eigenvalue weighted by Crippen LogP contribution is 2.21. The van der Waals surface area contributed by atoms with E-state index in [2.05, 4.69) is 10.1 Å². The molecular weight excluding hydrogens is 242 g/mol. The van der Waals surface area contributed by atoms with Gasteiger partial charge in [0.15, 0.2) is 11.6 Å². The Kier molecular flexibility index (Phi) is 3.19. The van der Waals surface area contributed by atoms with Crippen LogP contribution in [0.1, 0.15) is 53.8 Å². The maximum Gasteiger partial charge on any atom is 0.226 e. The summed E-state index contributed by atoms with van der Waals surface area (Å²) in [6, 6.07) is 0. The van der Waals surface area contributed by atoms with Crippen molar-refractivity contribution in [3.8, 4) is 0 Å². The Labute approximate surface area is 111 Å². The molecule has 100 valence electrons. The third-order valence-corrected chi connectivity index (χ3v) is 3.50. The standard InChI is InChI=1S/C14H17N3O2/c1-2-14-15-13(16-19-14)9-17-7-10-5-3-4-6-12(18)11(10)8-17/h7-8H,2-6,9H2,1H3. The van der Waals surface area contributed by atoms with Gasteiger partial charge in [-0.2, -0.15) is 4.98 Å². The Balaban J connectivity index is 1.82. The molecule has 3 rings (SSSR count). The molecule has 0 saturated carbocycles. The fourth-order valence-electron chi connectivity index (χ4n) is 2.49. The maximum absolute atomic E-state index is 12.0. The predicted octanol–water partition coefficient (Wildman–Crippen LogP) is 2.39. The fraction of sp³-hybridized carbons (Fsp3) is 0.500. The minimum atomic E-state index is 0.258. The van der Waals surface area contributed by atoms with Gasteiger partial charge in [-0.05, 0) is 24.8 Å². The van der Waals surface area contributed by atoms with Crippen LogP contribution in [0.4, 0.5) is 0 Å². The second-order valence-corrected chi connectivity index (χ2v) is 4.96. The molecule has 0 spiro atoms. The van der Waals surface area contributed by atoms with Crippen LogP contribution in [0.2, 0.25) is 0 Å². The lowest BCUT2D eigenvalue weighted by atomic mass is 10.1. The molecule has 2 aromatic heterocycles. The molecule has 0 N–H and O–H groups in total. The van der Waals surface area contributed by atoms with Gasteiger partial charge in [0, 0.05) is 30.8 Å². The lowest BCUT2D eigenvalue weighted by Gasteiger charge is -1.97. The van der Waals surface area contributed by atoms with Crippen molar-refractivity contribution < 1.29 is 9.32 Å². The van der Waals surface area contributed by atoms with Gasteiger partial charge >= 0.3 is 0 Å². The third-order valence-electron chi connectivity index (χ3n) is 3.50. The van der Waals surface area contributed by atoms with Gasteiger partial charge in [-0.3, -0.25) is 4.79 Å². The van der Waals surface area contributed by atoms with Crippen molar-refractivity contribution in [2.75, 3.05) is 0 Å². The van der Waals surface area contributed by atoms with Gasteiger partial charge in [-0.15, -0.1) is 0 Å². The number of aryl methyl sites for hydroxylation is 2. The molecule has 0 aliphatic heterocycles. The molecule has 0 aromatic carbocycles. The van der Waals surface area contributed by atoms with Crippen LogP contribution >= 0.6 is 0 Å².